The Kier molecular flexibility index (Phi) is 6.33. The van der Waals surface area contributed by atoms with E-state index in [-0.39, 0.29) is 18.2 Å². The first-order chi connectivity index (χ1) is 10.2. The lowest BCUT2D eigenvalue weighted by Gasteiger charge is -2.33. The van der Waals surface area contributed by atoms with E-state index in [0.29, 0.717) is 25.6 Å². The predicted octanol–water partition coefficient (Wildman–Crippen LogP) is 2.56. The summed E-state index contributed by atoms with van der Waals surface area (Å²) in [5, 5.41) is 9.21. The minimum atomic E-state index is -0.282. The zero-order chi connectivity index (χ0) is 15.1. The second-order valence-corrected chi connectivity index (χ2v) is 5.83. The molecule has 0 bridgehead atoms. The number of aliphatic hydroxyl groups excluding tert-OH is 1. The maximum absolute atomic E-state index is 12.9. The molecule has 21 heavy (non-hydrogen) atoms. The number of rotatable bonds is 7. The molecule has 0 radical (unpaired) electrons. The summed E-state index contributed by atoms with van der Waals surface area (Å²) >= 11 is 0. The van der Waals surface area contributed by atoms with Gasteiger partial charge in [0.2, 0.25) is 0 Å². The summed E-state index contributed by atoms with van der Waals surface area (Å²) in [7, 11) is 0. The first-order valence-corrected chi connectivity index (χ1v) is 7.80. The van der Waals surface area contributed by atoms with E-state index in [1.165, 1.54) is 31.4 Å². The maximum atomic E-state index is 12.9. The van der Waals surface area contributed by atoms with E-state index in [9.17, 15) is 14.3 Å². The van der Waals surface area contributed by atoms with Crippen molar-refractivity contribution in [2.24, 2.45) is 0 Å². The third kappa shape index (κ3) is 5.21. The van der Waals surface area contributed by atoms with Gasteiger partial charge in [-0.15, -0.1) is 0 Å². The van der Waals surface area contributed by atoms with Crippen LogP contribution in [-0.2, 0) is 11.2 Å². The van der Waals surface area contributed by atoms with Gasteiger partial charge in [-0.25, -0.2) is 4.39 Å². The van der Waals surface area contributed by atoms with E-state index in [1.807, 2.05) is 0 Å². The van der Waals surface area contributed by atoms with Gasteiger partial charge in [0.1, 0.15) is 5.82 Å². The molecule has 1 saturated carbocycles. The minimum absolute atomic E-state index is 0.0837. The van der Waals surface area contributed by atoms with E-state index >= 15 is 0 Å². The summed E-state index contributed by atoms with van der Waals surface area (Å²) in [4.78, 5) is 14.3. The highest BCUT2D eigenvalue weighted by atomic mass is 19.1. The Bertz CT molecular complexity index is 441. The fraction of sp³-hybridized carbons (Fsp3) is 0.588. The van der Waals surface area contributed by atoms with Crippen LogP contribution in [0.5, 0.6) is 0 Å². The highest BCUT2D eigenvalue weighted by Gasteiger charge is 2.22. The molecule has 0 aromatic heterocycles. The number of halogens is 1. The van der Waals surface area contributed by atoms with Gasteiger partial charge in [0, 0.05) is 19.0 Å². The molecule has 0 amide bonds. The first-order valence-electron chi connectivity index (χ1n) is 7.80. The molecule has 0 spiro atoms. The van der Waals surface area contributed by atoms with Gasteiger partial charge in [-0.2, -0.15) is 0 Å². The second-order valence-electron chi connectivity index (χ2n) is 5.83. The molecule has 3 nitrogen and oxygen atoms in total. The lowest BCUT2D eigenvalue weighted by molar-refractivity contribution is -0.120. The van der Waals surface area contributed by atoms with Crippen LogP contribution in [0.25, 0.3) is 0 Å². The van der Waals surface area contributed by atoms with E-state index in [2.05, 4.69) is 4.90 Å². The quantitative estimate of drug-likeness (QED) is 0.840. The van der Waals surface area contributed by atoms with Crippen molar-refractivity contribution in [3.8, 4) is 0 Å². The minimum Gasteiger partial charge on any atom is -0.395 e. The predicted molar refractivity (Wildman–Crippen MR) is 80.6 cm³/mol. The van der Waals surface area contributed by atoms with Crippen molar-refractivity contribution in [2.45, 2.75) is 44.6 Å². The molecule has 2 rings (SSSR count). The third-order valence-corrected chi connectivity index (χ3v) is 4.17. The maximum Gasteiger partial charge on any atom is 0.151 e. The SMILES string of the molecule is O=C(Cc1ccc(F)cc1)CN(CCO)C1CCCCC1. The number of Topliss-reactive ketones (excluding diaryl/α,β-unsaturated/α-hetero) is 1. The van der Waals surface area contributed by atoms with Crippen molar-refractivity contribution in [1.29, 1.82) is 0 Å². The van der Waals surface area contributed by atoms with Crippen LogP contribution in [0.4, 0.5) is 4.39 Å². The monoisotopic (exact) mass is 293 g/mol. The highest BCUT2D eigenvalue weighted by molar-refractivity contribution is 5.82. The molecular formula is C17H24FNO2. The van der Waals surface area contributed by atoms with Crippen LogP contribution in [0.2, 0.25) is 0 Å². The Labute approximate surface area is 125 Å². The molecule has 1 fully saturated rings. The number of ketones is 1. The molecule has 1 aliphatic rings. The molecule has 1 aromatic rings. The molecule has 1 N–H and O–H groups in total. The summed E-state index contributed by atoms with van der Waals surface area (Å²) < 4.78 is 12.9. The van der Waals surface area contributed by atoms with E-state index in [0.717, 1.165) is 18.4 Å². The number of carbonyl (C=O) groups excluding carboxylic acids is 1. The normalized spacial score (nSPS) is 16.3. The largest absolute Gasteiger partial charge is 0.395 e. The topological polar surface area (TPSA) is 40.5 Å². The Hall–Kier alpha value is -1.26. The van der Waals surface area contributed by atoms with Crippen LogP contribution in [0.3, 0.4) is 0 Å². The van der Waals surface area contributed by atoms with Gasteiger partial charge in [0.25, 0.3) is 0 Å². The summed E-state index contributed by atoms with van der Waals surface area (Å²) in [5.41, 5.74) is 0.842. The Balaban J connectivity index is 1.89. The molecule has 0 saturated heterocycles. The third-order valence-electron chi connectivity index (χ3n) is 4.17. The summed E-state index contributed by atoms with van der Waals surface area (Å²) in [6.45, 7) is 1.02. The van der Waals surface area contributed by atoms with Crippen LogP contribution < -0.4 is 0 Å². The zero-order valence-corrected chi connectivity index (χ0v) is 12.4. The van der Waals surface area contributed by atoms with Crippen molar-refractivity contribution >= 4 is 5.78 Å². The van der Waals surface area contributed by atoms with Crippen molar-refractivity contribution < 1.29 is 14.3 Å². The van der Waals surface area contributed by atoms with Gasteiger partial charge in [-0.1, -0.05) is 31.4 Å². The number of hydrogen-bond acceptors (Lipinski definition) is 3. The fourth-order valence-corrected chi connectivity index (χ4v) is 3.08. The molecule has 1 aromatic carbocycles. The zero-order valence-electron chi connectivity index (χ0n) is 12.4. The molecule has 0 unspecified atom stereocenters. The lowest BCUT2D eigenvalue weighted by atomic mass is 9.94. The van der Waals surface area contributed by atoms with Gasteiger partial charge >= 0.3 is 0 Å². The molecular weight excluding hydrogens is 269 g/mol. The molecule has 0 aliphatic heterocycles. The lowest BCUT2D eigenvalue weighted by Crippen LogP contribution is -2.42. The van der Waals surface area contributed by atoms with Crippen LogP contribution in [-0.4, -0.2) is 41.5 Å². The molecule has 0 heterocycles. The van der Waals surface area contributed by atoms with Crippen LogP contribution in [0.15, 0.2) is 24.3 Å². The van der Waals surface area contributed by atoms with Crippen molar-refractivity contribution in [3.05, 3.63) is 35.6 Å². The number of aliphatic hydroxyl groups is 1. The molecule has 0 atom stereocenters. The van der Waals surface area contributed by atoms with Crippen LogP contribution in [0.1, 0.15) is 37.7 Å². The first kappa shape index (κ1) is 16.1. The van der Waals surface area contributed by atoms with Gasteiger partial charge in [0.05, 0.1) is 13.2 Å². The van der Waals surface area contributed by atoms with E-state index in [1.54, 1.807) is 12.1 Å². The second kappa shape index (κ2) is 8.25. The summed E-state index contributed by atoms with van der Waals surface area (Å²) in [6, 6.07) is 6.50. The summed E-state index contributed by atoms with van der Waals surface area (Å²) in [6.07, 6.45) is 6.24. The number of nitrogens with zero attached hydrogens (tertiary/aromatic N) is 1. The van der Waals surface area contributed by atoms with Crippen LogP contribution >= 0.6 is 0 Å². The average Bonchev–Trinajstić information content (AvgIpc) is 2.50. The molecule has 1 aliphatic carbocycles. The standard InChI is InChI=1S/C17H24FNO2/c18-15-8-6-14(7-9-15)12-17(21)13-19(10-11-20)16-4-2-1-3-5-16/h6-9,16,20H,1-5,10-13H2. The number of hydrogen-bond donors (Lipinski definition) is 1. The van der Waals surface area contributed by atoms with Gasteiger partial charge < -0.3 is 5.11 Å². The Morgan fingerprint density at radius 3 is 2.48 bits per heavy atom. The molecule has 116 valence electrons. The average molecular weight is 293 g/mol. The van der Waals surface area contributed by atoms with Crippen molar-refractivity contribution in [3.63, 3.8) is 0 Å². The van der Waals surface area contributed by atoms with E-state index < -0.39 is 0 Å². The van der Waals surface area contributed by atoms with Crippen molar-refractivity contribution in [1.82, 2.24) is 4.90 Å². The van der Waals surface area contributed by atoms with Gasteiger partial charge in [-0.05, 0) is 30.5 Å². The van der Waals surface area contributed by atoms with Crippen LogP contribution in [0, 0.1) is 5.82 Å². The smallest absolute Gasteiger partial charge is 0.151 e. The Morgan fingerprint density at radius 2 is 1.86 bits per heavy atom. The van der Waals surface area contributed by atoms with Gasteiger partial charge in [-0.3, -0.25) is 9.69 Å². The number of benzene rings is 1. The highest BCUT2D eigenvalue weighted by Crippen LogP contribution is 2.22. The number of carbonyl (C=O) groups is 1. The Morgan fingerprint density at radius 1 is 1.19 bits per heavy atom. The van der Waals surface area contributed by atoms with Gasteiger partial charge in [0.15, 0.2) is 5.78 Å². The van der Waals surface area contributed by atoms with Crippen molar-refractivity contribution in [2.75, 3.05) is 19.7 Å². The van der Waals surface area contributed by atoms with E-state index in [4.69, 9.17) is 0 Å². The molecule has 4 heteroatoms. The fourth-order valence-electron chi connectivity index (χ4n) is 3.08. The summed E-state index contributed by atoms with van der Waals surface area (Å²) in [5.74, 6) is -0.157.